The Morgan fingerprint density at radius 3 is 2.78 bits per heavy atom. The molecule has 0 aliphatic rings. The first kappa shape index (κ1) is 13.7. The second kappa shape index (κ2) is 6.40. The second-order valence-electron chi connectivity index (χ2n) is 3.43. The van der Waals surface area contributed by atoms with Crippen molar-refractivity contribution in [3.8, 4) is 11.8 Å². The summed E-state index contributed by atoms with van der Waals surface area (Å²) in [6.45, 7) is 0. The lowest BCUT2D eigenvalue weighted by Gasteiger charge is -2.01. The van der Waals surface area contributed by atoms with Crippen LogP contribution >= 0.6 is 0 Å². The monoisotopic (exact) mass is 250 g/mol. The molecule has 0 saturated heterocycles. The number of rotatable bonds is 3. The molecule has 94 valence electrons. The molecular formula is C13H11FO4. The number of hydrogen-bond acceptors (Lipinski definition) is 3. The zero-order chi connectivity index (χ0) is 13.5. The van der Waals surface area contributed by atoms with Crippen LogP contribution < -0.4 is 0 Å². The van der Waals surface area contributed by atoms with E-state index in [1.165, 1.54) is 19.2 Å². The van der Waals surface area contributed by atoms with Crippen LogP contribution in [0.3, 0.4) is 0 Å². The lowest BCUT2D eigenvalue weighted by atomic mass is 10.0. The van der Waals surface area contributed by atoms with Gasteiger partial charge in [0.2, 0.25) is 0 Å². The van der Waals surface area contributed by atoms with Gasteiger partial charge in [0, 0.05) is 5.56 Å². The molecule has 0 aliphatic carbocycles. The van der Waals surface area contributed by atoms with Gasteiger partial charge in [-0.1, -0.05) is 17.9 Å². The molecule has 1 rings (SSSR count). The summed E-state index contributed by atoms with van der Waals surface area (Å²) in [5.74, 6) is 3.04. The topological polar surface area (TPSA) is 63.6 Å². The van der Waals surface area contributed by atoms with Crippen molar-refractivity contribution in [1.29, 1.82) is 0 Å². The van der Waals surface area contributed by atoms with E-state index in [1.54, 1.807) is 0 Å². The summed E-state index contributed by atoms with van der Waals surface area (Å²) < 4.78 is 17.4. The van der Waals surface area contributed by atoms with E-state index in [0.717, 1.165) is 6.07 Å². The number of esters is 1. The van der Waals surface area contributed by atoms with Crippen molar-refractivity contribution in [3.63, 3.8) is 0 Å². The van der Waals surface area contributed by atoms with E-state index in [0.29, 0.717) is 5.56 Å². The highest BCUT2D eigenvalue weighted by Crippen LogP contribution is 2.11. The molecule has 1 N–H and O–H groups in total. The Kier molecular flexibility index (Phi) is 4.88. The number of benzene rings is 1. The van der Waals surface area contributed by atoms with Gasteiger partial charge in [-0.2, -0.15) is 0 Å². The summed E-state index contributed by atoms with van der Waals surface area (Å²) >= 11 is 0. The van der Waals surface area contributed by atoms with E-state index in [4.69, 9.17) is 5.11 Å². The third-order valence-corrected chi connectivity index (χ3v) is 2.10. The molecule has 1 aromatic carbocycles. The Morgan fingerprint density at radius 1 is 1.44 bits per heavy atom. The molecule has 1 aromatic rings. The number of carboxylic acid groups (broad SMARTS) is 1. The maximum atomic E-state index is 13.0. The number of halogens is 1. The predicted octanol–water partition coefficient (Wildman–Crippen LogP) is 1.37. The summed E-state index contributed by atoms with van der Waals surface area (Å²) in [6, 6.07) is 3.68. The summed E-state index contributed by atoms with van der Waals surface area (Å²) in [5, 5.41) is 8.70. The molecule has 0 aromatic heterocycles. The Hall–Kier alpha value is -2.35. The van der Waals surface area contributed by atoms with E-state index in [2.05, 4.69) is 16.6 Å². The summed E-state index contributed by atoms with van der Waals surface area (Å²) in [4.78, 5) is 21.5. The van der Waals surface area contributed by atoms with Gasteiger partial charge in [0.25, 0.3) is 0 Å². The predicted molar refractivity (Wildman–Crippen MR) is 61.3 cm³/mol. The van der Waals surface area contributed by atoms with Crippen molar-refractivity contribution < 1.29 is 23.8 Å². The lowest BCUT2D eigenvalue weighted by molar-refractivity contribution is -0.139. The Labute approximate surface area is 103 Å². The molecule has 0 spiro atoms. The number of carbonyl (C=O) groups excluding carboxylic acids is 1. The standard InChI is InChI=1S/C13H11FO4/c1-18-13(17)4-2-3-9-7-11(14)6-5-10(9)8-12(15)16/h5-7H,4,8H2,1H3,(H,15,16). The van der Waals surface area contributed by atoms with Crippen LogP contribution in [0.4, 0.5) is 4.39 Å². The first-order valence-electron chi connectivity index (χ1n) is 5.09. The highest BCUT2D eigenvalue weighted by Gasteiger charge is 2.06. The van der Waals surface area contributed by atoms with Gasteiger partial charge in [-0.3, -0.25) is 9.59 Å². The summed E-state index contributed by atoms with van der Waals surface area (Å²) in [7, 11) is 1.24. The van der Waals surface area contributed by atoms with Crippen LogP contribution in [0.25, 0.3) is 0 Å². The Morgan fingerprint density at radius 2 is 2.17 bits per heavy atom. The number of methoxy groups -OCH3 is 1. The largest absolute Gasteiger partial charge is 0.481 e. The maximum absolute atomic E-state index is 13.0. The van der Waals surface area contributed by atoms with Crippen LogP contribution in [0, 0.1) is 17.7 Å². The Bertz CT molecular complexity index is 526. The van der Waals surface area contributed by atoms with Crippen LogP contribution in [0.15, 0.2) is 18.2 Å². The average molecular weight is 250 g/mol. The molecule has 0 fully saturated rings. The normalized spacial score (nSPS) is 9.22. The number of hydrogen-bond donors (Lipinski definition) is 1. The van der Waals surface area contributed by atoms with E-state index < -0.39 is 17.8 Å². The molecule has 0 atom stereocenters. The first-order valence-corrected chi connectivity index (χ1v) is 5.09. The van der Waals surface area contributed by atoms with Crippen LogP contribution in [0.5, 0.6) is 0 Å². The minimum atomic E-state index is -1.03. The SMILES string of the molecule is COC(=O)CC#Cc1cc(F)ccc1CC(=O)O. The molecule has 0 unspecified atom stereocenters. The molecule has 0 bridgehead atoms. The minimum Gasteiger partial charge on any atom is -0.481 e. The minimum absolute atomic E-state index is 0.125. The van der Waals surface area contributed by atoms with Crippen molar-refractivity contribution in [3.05, 3.63) is 35.1 Å². The molecule has 0 saturated carbocycles. The van der Waals surface area contributed by atoms with Crippen LogP contribution in [-0.2, 0) is 20.7 Å². The number of ether oxygens (including phenoxy) is 1. The zero-order valence-corrected chi connectivity index (χ0v) is 9.70. The quantitative estimate of drug-likeness (QED) is 0.650. The zero-order valence-electron chi connectivity index (χ0n) is 9.70. The van der Waals surface area contributed by atoms with Crippen molar-refractivity contribution in [2.75, 3.05) is 7.11 Å². The second-order valence-corrected chi connectivity index (χ2v) is 3.43. The van der Waals surface area contributed by atoms with Crippen LogP contribution in [-0.4, -0.2) is 24.2 Å². The van der Waals surface area contributed by atoms with Gasteiger partial charge in [0.1, 0.15) is 12.2 Å². The number of carbonyl (C=O) groups is 2. The molecule has 0 radical (unpaired) electrons. The fraction of sp³-hybridized carbons (Fsp3) is 0.231. The van der Waals surface area contributed by atoms with E-state index in [1.807, 2.05) is 0 Å². The van der Waals surface area contributed by atoms with Gasteiger partial charge in [-0.05, 0) is 17.7 Å². The van der Waals surface area contributed by atoms with Gasteiger partial charge in [0.05, 0.1) is 13.5 Å². The first-order chi connectivity index (χ1) is 8.52. The van der Waals surface area contributed by atoms with Gasteiger partial charge in [-0.25, -0.2) is 4.39 Å². The van der Waals surface area contributed by atoms with Gasteiger partial charge in [-0.15, -0.1) is 0 Å². The van der Waals surface area contributed by atoms with E-state index >= 15 is 0 Å². The molecule has 0 heterocycles. The van der Waals surface area contributed by atoms with Gasteiger partial charge in [0.15, 0.2) is 0 Å². The van der Waals surface area contributed by atoms with Crippen molar-refractivity contribution >= 4 is 11.9 Å². The van der Waals surface area contributed by atoms with E-state index in [-0.39, 0.29) is 18.4 Å². The summed E-state index contributed by atoms with van der Waals surface area (Å²) in [5.41, 5.74) is 0.669. The van der Waals surface area contributed by atoms with Crippen molar-refractivity contribution in [2.45, 2.75) is 12.8 Å². The maximum Gasteiger partial charge on any atom is 0.317 e. The van der Waals surface area contributed by atoms with E-state index in [9.17, 15) is 14.0 Å². The molecule has 4 nitrogen and oxygen atoms in total. The van der Waals surface area contributed by atoms with Crippen LogP contribution in [0.2, 0.25) is 0 Å². The smallest absolute Gasteiger partial charge is 0.317 e. The van der Waals surface area contributed by atoms with Gasteiger partial charge < -0.3 is 9.84 Å². The molecule has 0 aliphatic heterocycles. The molecule has 0 amide bonds. The highest BCUT2D eigenvalue weighted by atomic mass is 19.1. The highest BCUT2D eigenvalue weighted by molar-refractivity contribution is 5.73. The third kappa shape index (κ3) is 4.26. The molecule has 18 heavy (non-hydrogen) atoms. The fourth-order valence-electron chi connectivity index (χ4n) is 1.27. The Balaban J connectivity index is 2.94. The lowest BCUT2D eigenvalue weighted by Crippen LogP contribution is -2.02. The molecular weight excluding hydrogens is 239 g/mol. The average Bonchev–Trinajstić information content (AvgIpc) is 2.31. The number of carboxylic acids is 1. The van der Waals surface area contributed by atoms with Crippen molar-refractivity contribution in [2.24, 2.45) is 0 Å². The number of aliphatic carboxylic acids is 1. The third-order valence-electron chi connectivity index (χ3n) is 2.10. The molecule has 5 heteroatoms. The fourth-order valence-corrected chi connectivity index (χ4v) is 1.27. The summed E-state index contributed by atoms with van der Waals surface area (Å²) in [6.07, 6.45) is -0.373. The van der Waals surface area contributed by atoms with Gasteiger partial charge >= 0.3 is 11.9 Å². The van der Waals surface area contributed by atoms with Crippen molar-refractivity contribution in [1.82, 2.24) is 0 Å². The van der Waals surface area contributed by atoms with Crippen LogP contribution in [0.1, 0.15) is 17.5 Å².